The molecule has 3 aliphatic rings. The molecule has 0 bridgehead atoms. The highest BCUT2D eigenvalue weighted by molar-refractivity contribution is 5.43. The van der Waals surface area contributed by atoms with Gasteiger partial charge in [0.15, 0.2) is 0 Å². The Labute approximate surface area is 147 Å². The van der Waals surface area contributed by atoms with Gasteiger partial charge in [0.2, 0.25) is 0 Å². The Kier molecular flexibility index (Phi) is 4.27. The van der Waals surface area contributed by atoms with E-state index in [1.54, 1.807) is 6.08 Å². The molecular formula is C21H24F3N. The number of hydrogen-bond acceptors (Lipinski definition) is 1. The van der Waals surface area contributed by atoms with Crippen molar-refractivity contribution in [1.29, 1.82) is 0 Å². The van der Waals surface area contributed by atoms with Gasteiger partial charge in [0.25, 0.3) is 0 Å². The summed E-state index contributed by atoms with van der Waals surface area (Å²) in [5, 5.41) is 0. The van der Waals surface area contributed by atoms with Gasteiger partial charge < -0.3 is 4.90 Å². The van der Waals surface area contributed by atoms with Gasteiger partial charge in [0, 0.05) is 17.0 Å². The first-order valence-corrected chi connectivity index (χ1v) is 9.26. The van der Waals surface area contributed by atoms with Gasteiger partial charge in [-0.2, -0.15) is 13.2 Å². The van der Waals surface area contributed by atoms with E-state index in [1.165, 1.54) is 25.3 Å². The third-order valence-corrected chi connectivity index (χ3v) is 6.13. The van der Waals surface area contributed by atoms with Crippen LogP contribution in [0.2, 0.25) is 0 Å². The van der Waals surface area contributed by atoms with Crippen LogP contribution < -0.4 is 0 Å². The van der Waals surface area contributed by atoms with Crippen molar-refractivity contribution in [1.82, 2.24) is 4.90 Å². The average molecular weight is 347 g/mol. The van der Waals surface area contributed by atoms with Crippen LogP contribution in [-0.4, -0.2) is 30.2 Å². The summed E-state index contributed by atoms with van der Waals surface area (Å²) in [5.74, 6) is 0.273. The predicted octanol–water partition coefficient (Wildman–Crippen LogP) is 5.25. The van der Waals surface area contributed by atoms with Gasteiger partial charge in [0.1, 0.15) is 0 Å². The lowest BCUT2D eigenvalue weighted by Crippen LogP contribution is -2.38. The van der Waals surface area contributed by atoms with E-state index in [4.69, 9.17) is 0 Å². The third-order valence-electron chi connectivity index (χ3n) is 6.13. The van der Waals surface area contributed by atoms with Crippen LogP contribution in [0.4, 0.5) is 13.2 Å². The van der Waals surface area contributed by atoms with Crippen LogP contribution in [-0.2, 0) is 5.41 Å². The molecule has 0 radical (unpaired) electrons. The van der Waals surface area contributed by atoms with Gasteiger partial charge >= 0.3 is 6.18 Å². The lowest BCUT2D eigenvalue weighted by atomic mass is 9.69. The first-order valence-electron chi connectivity index (χ1n) is 9.26. The van der Waals surface area contributed by atoms with Crippen molar-refractivity contribution < 1.29 is 13.2 Å². The van der Waals surface area contributed by atoms with E-state index >= 15 is 0 Å². The van der Waals surface area contributed by atoms with Crippen molar-refractivity contribution in [3.8, 4) is 0 Å². The highest BCUT2D eigenvalue weighted by atomic mass is 19.4. The van der Waals surface area contributed by atoms with E-state index in [-0.39, 0.29) is 12.3 Å². The topological polar surface area (TPSA) is 3.24 Å². The smallest absolute Gasteiger partial charge is 0.300 e. The Bertz CT molecular complexity index is 670. The SMILES string of the molecule is FC(F)(F)C1=CC=CC(c2ccccc2)([C@H]2C[C@@H]2N2CCCCC2)C1. The molecule has 2 fully saturated rings. The molecule has 2 aliphatic carbocycles. The van der Waals surface area contributed by atoms with Crippen LogP contribution in [0, 0.1) is 5.92 Å². The van der Waals surface area contributed by atoms with Crippen molar-refractivity contribution >= 4 is 0 Å². The maximum absolute atomic E-state index is 13.4. The summed E-state index contributed by atoms with van der Waals surface area (Å²) in [6.45, 7) is 2.19. The first-order chi connectivity index (χ1) is 12.0. The number of alkyl halides is 3. The summed E-state index contributed by atoms with van der Waals surface area (Å²) in [6, 6.07) is 10.2. The van der Waals surface area contributed by atoms with Crippen molar-refractivity contribution in [2.75, 3.05) is 13.1 Å². The Morgan fingerprint density at radius 2 is 1.72 bits per heavy atom. The third kappa shape index (κ3) is 3.17. The quantitative estimate of drug-likeness (QED) is 0.722. The van der Waals surface area contributed by atoms with Crippen molar-refractivity contribution in [3.63, 3.8) is 0 Å². The van der Waals surface area contributed by atoms with Gasteiger partial charge in [-0.3, -0.25) is 0 Å². The molecule has 1 aromatic rings. The molecule has 1 nitrogen and oxygen atoms in total. The Morgan fingerprint density at radius 1 is 1.00 bits per heavy atom. The largest absolute Gasteiger partial charge is 0.412 e. The second-order valence-corrected chi connectivity index (χ2v) is 7.64. The van der Waals surface area contributed by atoms with Crippen molar-refractivity contribution in [2.45, 2.75) is 49.7 Å². The molecule has 4 heteroatoms. The molecule has 1 saturated carbocycles. The average Bonchev–Trinajstić information content (AvgIpc) is 3.44. The minimum Gasteiger partial charge on any atom is -0.300 e. The van der Waals surface area contributed by atoms with Gasteiger partial charge in [0.05, 0.1) is 0 Å². The molecule has 1 saturated heterocycles. The number of benzene rings is 1. The number of rotatable bonds is 3. The zero-order valence-corrected chi connectivity index (χ0v) is 14.3. The molecular weight excluding hydrogens is 323 g/mol. The van der Waals surface area contributed by atoms with E-state index in [0.29, 0.717) is 6.04 Å². The lowest BCUT2D eigenvalue weighted by Gasteiger charge is -2.37. The molecule has 1 aliphatic heterocycles. The van der Waals surface area contributed by atoms with Gasteiger partial charge in [-0.15, -0.1) is 0 Å². The normalized spacial score (nSPS) is 33.2. The summed E-state index contributed by atoms with van der Waals surface area (Å²) in [5.41, 5.74) is 0.0944. The highest BCUT2D eigenvalue weighted by Gasteiger charge is 2.56. The zero-order valence-electron chi connectivity index (χ0n) is 14.3. The number of hydrogen-bond donors (Lipinski definition) is 0. The number of nitrogens with zero attached hydrogens (tertiary/aromatic N) is 1. The van der Waals surface area contributed by atoms with Crippen LogP contribution in [0.3, 0.4) is 0 Å². The van der Waals surface area contributed by atoms with E-state index in [2.05, 4.69) is 4.90 Å². The van der Waals surface area contributed by atoms with Crippen LogP contribution in [0.5, 0.6) is 0 Å². The number of likely N-dealkylation sites (tertiary alicyclic amines) is 1. The van der Waals surface area contributed by atoms with E-state index in [1.807, 2.05) is 36.4 Å². The second-order valence-electron chi connectivity index (χ2n) is 7.64. The summed E-state index contributed by atoms with van der Waals surface area (Å²) >= 11 is 0. The Hall–Kier alpha value is -1.55. The fourth-order valence-corrected chi connectivity index (χ4v) is 4.77. The number of piperidine rings is 1. The molecule has 4 rings (SSSR count). The van der Waals surface area contributed by atoms with Crippen LogP contribution >= 0.6 is 0 Å². The van der Waals surface area contributed by atoms with Gasteiger partial charge in [-0.25, -0.2) is 0 Å². The van der Waals surface area contributed by atoms with Crippen molar-refractivity contribution in [3.05, 3.63) is 59.7 Å². The summed E-state index contributed by atoms with van der Waals surface area (Å²) in [4.78, 5) is 2.51. The molecule has 134 valence electrons. The van der Waals surface area contributed by atoms with Crippen LogP contribution in [0.25, 0.3) is 0 Å². The Morgan fingerprint density at radius 3 is 2.40 bits per heavy atom. The van der Waals surface area contributed by atoms with E-state index in [0.717, 1.165) is 25.1 Å². The zero-order chi connectivity index (χ0) is 17.5. The molecule has 1 aromatic carbocycles. The molecule has 3 atom stereocenters. The maximum Gasteiger partial charge on any atom is 0.412 e. The number of halogens is 3. The minimum absolute atomic E-state index is 0.0615. The lowest BCUT2D eigenvalue weighted by molar-refractivity contribution is -0.0959. The molecule has 1 unspecified atom stereocenters. The van der Waals surface area contributed by atoms with Crippen LogP contribution in [0.15, 0.2) is 54.1 Å². The monoisotopic (exact) mass is 347 g/mol. The predicted molar refractivity (Wildman–Crippen MR) is 93.3 cm³/mol. The summed E-state index contributed by atoms with van der Waals surface area (Å²) in [7, 11) is 0. The molecule has 0 amide bonds. The minimum atomic E-state index is -4.25. The van der Waals surface area contributed by atoms with Crippen molar-refractivity contribution in [2.24, 2.45) is 5.92 Å². The Balaban J connectivity index is 1.65. The van der Waals surface area contributed by atoms with Gasteiger partial charge in [-0.05, 0) is 50.3 Å². The summed E-state index contributed by atoms with van der Waals surface area (Å²) < 4.78 is 40.3. The molecule has 0 aromatic heterocycles. The fourth-order valence-electron chi connectivity index (χ4n) is 4.77. The van der Waals surface area contributed by atoms with Gasteiger partial charge in [-0.1, -0.05) is 55.0 Å². The van der Waals surface area contributed by atoms with E-state index in [9.17, 15) is 13.2 Å². The van der Waals surface area contributed by atoms with E-state index < -0.39 is 17.2 Å². The standard InChI is InChI=1S/C21H24F3N/c22-21(23,24)17-10-7-11-20(15-17,16-8-3-1-4-9-16)18-14-19(18)25-12-5-2-6-13-25/h1,3-4,7-11,18-19H,2,5-6,12-15H2/t18-,19-,20?/m0/s1. The molecule has 1 heterocycles. The fraction of sp³-hybridized carbons (Fsp3) is 0.524. The van der Waals surface area contributed by atoms with Crippen LogP contribution in [0.1, 0.15) is 37.7 Å². The number of allylic oxidation sites excluding steroid dienone is 4. The molecule has 0 spiro atoms. The molecule has 25 heavy (non-hydrogen) atoms. The molecule has 0 N–H and O–H groups in total. The first kappa shape index (κ1) is 16.9. The maximum atomic E-state index is 13.4. The highest BCUT2D eigenvalue weighted by Crippen LogP contribution is 2.56. The second kappa shape index (κ2) is 6.31. The summed E-state index contributed by atoms with van der Waals surface area (Å²) in [6.07, 6.45) is 5.43.